The fraction of sp³-hybridized carbons (Fsp3) is 0.559. The van der Waals surface area contributed by atoms with E-state index in [1.54, 1.807) is 20.9 Å². The fourth-order valence-electron chi connectivity index (χ4n) is 5.35. The van der Waals surface area contributed by atoms with Gasteiger partial charge in [-0.05, 0) is 50.8 Å². The zero-order valence-electron chi connectivity index (χ0n) is 30.0. The maximum absolute atomic E-state index is 13.8. The second kappa shape index (κ2) is 22.6. The van der Waals surface area contributed by atoms with Crippen LogP contribution in [0.1, 0.15) is 57.2 Å². The largest absolute Gasteiger partial charge is 0.370 e. The van der Waals surface area contributed by atoms with Crippen molar-refractivity contribution in [3.8, 4) is 0 Å². The molecule has 0 aliphatic rings. The lowest BCUT2D eigenvalue weighted by molar-refractivity contribution is -0.135. The lowest BCUT2D eigenvalue weighted by Gasteiger charge is -2.28. The molecule has 0 aliphatic carbocycles. The summed E-state index contributed by atoms with van der Waals surface area (Å²) in [4.78, 5) is 74.3. The molecular weight excluding hydrogens is 656 g/mol. The molecule has 1 aromatic heterocycles. The summed E-state index contributed by atoms with van der Waals surface area (Å²) in [5.41, 5.74) is 12.4. The Labute approximate surface area is 299 Å². The van der Waals surface area contributed by atoms with Crippen molar-refractivity contribution in [2.75, 3.05) is 27.2 Å². The topological polar surface area (TPSA) is 274 Å². The van der Waals surface area contributed by atoms with Crippen molar-refractivity contribution in [1.82, 2.24) is 47.2 Å². The summed E-state index contributed by atoms with van der Waals surface area (Å²) in [7, 11) is 3.13. The Bertz CT molecular complexity index is 1390. The molecule has 0 bridgehead atoms. The lowest BCUT2D eigenvalue weighted by Crippen LogP contribution is -2.60. The standard InChI is InChI=1S/C34H56N12O5/c1-21(2)28(46-31(49)25(14-10-16-41-34(36)37)43-30(48)24(38-3)13-8-9-15-35)33(51)45-27(18-23-19-40-20-42-23)32(50)44-26(29(47)39-4)17-22-11-6-5-7-12-22/h5-7,11-12,19-21,24-28,38H,8-10,13-18,35H2,1-4H3,(H,39,47)(H,40,42)(H,43,48)(H,44,50)(H,45,51)(H,46,49)(H4,36,37,41)/t24-,25-,26-,27-,28-/m0/s1. The van der Waals surface area contributed by atoms with Crippen LogP contribution in [-0.2, 0) is 36.8 Å². The van der Waals surface area contributed by atoms with Crippen molar-refractivity contribution < 1.29 is 24.0 Å². The molecule has 0 unspecified atom stereocenters. The number of rotatable bonds is 23. The van der Waals surface area contributed by atoms with Gasteiger partial charge in [0.05, 0.1) is 12.4 Å². The van der Waals surface area contributed by atoms with Gasteiger partial charge in [0.25, 0.3) is 0 Å². The van der Waals surface area contributed by atoms with Crippen LogP contribution in [-0.4, -0.2) is 103 Å². The van der Waals surface area contributed by atoms with Gasteiger partial charge in [0.1, 0.15) is 24.2 Å². The van der Waals surface area contributed by atoms with E-state index in [2.05, 4.69) is 47.2 Å². The van der Waals surface area contributed by atoms with Gasteiger partial charge in [0.2, 0.25) is 29.5 Å². The predicted octanol–water partition coefficient (Wildman–Crippen LogP) is -1.48. The molecule has 0 saturated carbocycles. The number of nitrogens with one attached hydrogen (secondary N) is 9. The van der Waals surface area contributed by atoms with Gasteiger partial charge in [-0.2, -0.15) is 0 Å². The van der Waals surface area contributed by atoms with Crippen LogP contribution in [0.2, 0.25) is 0 Å². The molecule has 13 N–H and O–H groups in total. The van der Waals surface area contributed by atoms with E-state index < -0.39 is 59.8 Å². The first-order chi connectivity index (χ1) is 24.4. The highest BCUT2D eigenvalue weighted by molar-refractivity contribution is 5.96. The van der Waals surface area contributed by atoms with E-state index in [4.69, 9.17) is 16.9 Å². The number of amides is 5. The number of likely N-dealkylation sites (N-methyl/N-ethyl adjacent to an activating group) is 2. The fourth-order valence-corrected chi connectivity index (χ4v) is 5.35. The molecule has 51 heavy (non-hydrogen) atoms. The van der Waals surface area contributed by atoms with Crippen LogP contribution in [0.3, 0.4) is 0 Å². The van der Waals surface area contributed by atoms with Crippen LogP contribution < -0.4 is 48.7 Å². The number of benzene rings is 1. The van der Waals surface area contributed by atoms with Gasteiger partial charge in [-0.25, -0.2) is 4.98 Å². The number of nitrogens with two attached hydrogens (primary N) is 2. The number of H-pyrrole nitrogens is 1. The average molecular weight is 713 g/mol. The molecule has 0 saturated heterocycles. The van der Waals surface area contributed by atoms with E-state index in [1.165, 1.54) is 19.6 Å². The van der Waals surface area contributed by atoms with E-state index in [1.807, 2.05) is 30.3 Å². The summed E-state index contributed by atoms with van der Waals surface area (Å²) < 4.78 is 0. The van der Waals surface area contributed by atoms with E-state index in [0.717, 1.165) is 12.0 Å². The third-order valence-corrected chi connectivity index (χ3v) is 8.25. The number of carbonyl (C=O) groups excluding carboxylic acids is 5. The highest BCUT2D eigenvalue weighted by Crippen LogP contribution is 2.10. The number of nitrogens with zero attached hydrogens (tertiary/aromatic N) is 1. The highest BCUT2D eigenvalue weighted by atomic mass is 16.2. The number of hydrogen-bond donors (Lipinski definition) is 11. The Morgan fingerprint density at radius 3 is 1.98 bits per heavy atom. The summed E-state index contributed by atoms with van der Waals surface area (Å²) in [5.74, 6) is -3.24. The van der Waals surface area contributed by atoms with Gasteiger partial charge in [0.15, 0.2) is 5.96 Å². The van der Waals surface area contributed by atoms with Crippen LogP contribution in [0.4, 0.5) is 0 Å². The molecule has 5 atom stereocenters. The zero-order valence-corrected chi connectivity index (χ0v) is 30.0. The van der Waals surface area contributed by atoms with E-state index in [9.17, 15) is 24.0 Å². The smallest absolute Gasteiger partial charge is 0.243 e. The van der Waals surface area contributed by atoms with Crippen LogP contribution in [0, 0.1) is 11.3 Å². The van der Waals surface area contributed by atoms with Crippen molar-refractivity contribution in [1.29, 1.82) is 5.41 Å². The zero-order chi connectivity index (χ0) is 37.8. The second-order valence-electron chi connectivity index (χ2n) is 12.6. The quantitative estimate of drug-likeness (QED) is 0.0361. The minimum Gasteiger partial charge on any atom is -0.370 e. The molecule has 0 radical (unpaired) electrons. The Balaban J connectivity index is 2.26. The molecule has 2 aromatic rings. The van der Waals surface area contributed by atoms with E-state index in [0.29, 0.717) is 38.0 Å². The molecule has 17 heteroatoms. The van der Waals surface area contributed by atoms with Gasteiger partial charge in [-0.15, -0.1) is 0 Å². The second-order valence-corrected chi connectivity index (χ2v) is 12.6. The van der Waals surface area contributed by atoms with Gasteiger partial charge in [0, 0.05) is 38.3 Å². The summed E-state index contributed by atoms with van der Waals surface area (Å²) in [6.07, 6.45) is 5.77. The maximum atomic E-state index is 13.8. The minimum absolute atomic E-state index is 0.0273. The van der Waals surface area contributed by atoms with Gasteiger partial charge < -0.3 is 53.7 Å². The first-order valence-corrected chi connectivity index (χ1v) is 17.3. The van der Waals surface area contributed by atoms with Gasteiger partial charge >= 0.3 is 0 Å². The number of aromatic nitrogens is 2. The highest BCUT2D eigenvalue weighted by Gasteiger charge is 2.33. The Kier molecular flexibility index (Phi) is 18.7. The maximum Gasteiger partial charge on any atom is 0.243 e. The number of carbonyl (C=O) groups is 5. The molecule has 2 rings (SSSR count). The molecule has 1 aromatic carbocycles. The summed E-state index contributed by atoms with van der Waals surface area (Å²) in [6, 6.07) is 4.48. The Morgan fingerprint density at radius 2 is 1.39 bits per heavy atom. The molecule has 1 heterocycles. The number of unbranched alkanes of at least 4 members (excludes halogenated alkanes) is 1. The number of guanidine groups is 1. The van der Waals surface area contributed by atoms with Gasteiger partial charge in [-0.3, -0.25) is 29.4 Å². The molecule has 17 nitrogen and oxygen atoms in total. The number of hydrogen-bond acceptors (Lipinski definition) is 9. The molecule has 0 fully saturated rings. The molecule has 5 amide bonds. The van der Waals surface area contributed by atoms with Crippen LogP contribution in [0.15, 0.2) is 42.9 Å². The van der Waals surface area contributed by atoms with Crippen molar-refractivity contribution in [3.63, 3.8) is 0 Å². The Hall–Kier alpha value is -5.03. The predicted molar refractivity (Wildman–Crippen MR) is 194 cm³/mol. The van der Waals surface area contributed by atoms with E-state index >= 15 is 0 Å². The average Bonchev–Trinajstić information content (AvgIpc) is 3.62. The molecule has 0 aliphatic heterocycles. The minimum atomic E-state index is -1.14. The van der Waals surface area contributed by atoms with Crippen molar-refractivity contribution in [3.05, 3.63) is 54.1 Å². The van der Waals surface area contributed by atoms with Crippen molar-refractivity contribution in [2.45, 2.75) is 89.0 Å². The van der Waals surface area contributed by atoms with E-state index in [-0.39, 0.29) is 31.1 Å². The summed E-state index contributed by atoms with van der Waals surface area (Å²) >= 11 is 0. The molecule has 282 valence electrons. The molecular formula is C34H56N12O5. The monoisotopic (exact) mass is 712 g/mol. The van der Waals surface area contributed by atoms with Crippen molar-refractivity contribution >= 4 is 35.5 Å². The third-order valence-electron chi connectivity index (χ3n) is 8.25. The Morgan fingerprint density at radius 1 is 0.784 bits per heavy atom. The summed E-state index contributed by atoms with van der Waals surface area (Å²) in [6.45, 7) is 4.28. The first-order valence-electron chi connectivity index (χ1n) is 17.3. The summed E-state index contributed by atoms with van der Waals surface area (Å²) in [5, 5.41) is 26.8. The first kappa shape index (κ1) is 42.1. The lowest BCUT2D eigenvalue weighted by atomic mass is 10.00. The van der Waals surface area contributed by atoms with Crippen LogP contribution in [0.5, 0.6) is 0 Å². The number of aromatic amines is 1. The third kappa shape index (κ3) is 15.2. The van der Waals surface area contributed by atoms with Gasteiger partial charge in [-0.1, -0.05) is 50.6 Å². The van der Waals surface area contributed by atoms with Crippen LogP contribution >= 0.6 is 0 Å². The number of imidazole rings is 1. The normalized spacial score (nSPS) is 13.9. The van der Waals surface area contributed by atoms with Crippen LogP contribution in [0.25, 0.3) is 0 Å². The van der Waals surface area contributed by atoms with Crippen molar-refractivity contribution in [2.24, 2.45) is 17.4 Å². The SMILES string of the molecule is CNC(=O)[C@H](Cc1ccccc1)NC(=O)[C@H](Cc1cnc[nH]1)NC(=O)[C@@H](NC(=O)[C@H](CCCNC(=N)N)NC(=O)[C@H](CCCCN)NC)C(C)C. The molecule has 0 spiro atoms.